The molecule has 0 heterocycles. The van der Waals surface area contributed by atoms with Gasteiger partial charge in [0.1, 0.15) is 6.10 Å². The van der Waals surface area contributed by atoms with E-state index >= 15 is 0 Å². The summed E-state index contributed by atoms with van der Waals surface area (Å²) < 4.78 is 0. The summed E-state index contributed by atoms with van der Waals surface area (Å²) in [5.74, 6) is 0. The lowest BCUT2D eigenvalue weighted by atomic mass is 9.90. The summed E-state index contributed by atoms with van der Waals surface area (Å²) in [6.45, 7) is 4.16. The van der Waals surface area contributed by atoms with Gasteiger partial charge in [-0.25, -0.2) is 0 Å². The molecular formula is C28H31ClO2. The zero-order valence-corrected chi connectivity index (χ0v) is 19.0. The van der Waals surface area contributed by atoms with Gasteiger partial charge in [-0.3, -0.25) is 0 Å². The molecular weight excluding hydrogens is 404 g/mol. The van der Waals surface area contributed by atoms with Crippen molar-refractivity contribution in [2.45, 2.75) is 51.7 Å². The van der Waals surface area contributed by atoms with Gasteiger partial charge in [0.05, 0.1) is 6.10 Å². The molecule has 0 saturated heterocycles. The molecule has 0 saturated carbocycles. The first-order chi connectivity index (χ1) is 15.0. The Morgan fingerprint density at radius 2 is 1.39 bits per heavy atom. The van der Waals surface area contributed by atoms with Crippen LogP contribution in [-0.2, 0) is 0 Å². The topological polar surface area (TPSA) is 40.5 Å². The number of allylic oxidation sites excluding steroid dienone is 1. The lowest BCUT2D eigenvalue weighted by molar-refractivity contribution is 0.166. The van der Waals surface area contributed by atoms with E-state index in [2.05, 4.69) is 38.1 Å². The SMILES string of the molecule is CC/C(CCC(O)c1ccc(-c2ccccc2)cc1)=C(\CC)C(O)c1ccccc1Cl. The third kappa shape index (κ3) is 5.86. The van der Waals surface area contributed by atoms with Crippen LogP contribution in [0.4, 0.5) is 0 Å². The fourth-order valence-corrected chi connectivity index (χ4v) is 4.33. The van der Waals surface area contributed by atoms with E-state index in [4.69, 9.17) is 11.6 Å². The maximum absolute atomic E-state index is 11.0. The van der Waals surface area contributed by atoms with Crippen molar-refractivity contribution in [3.63, 3.8) is 0 Å². The lowest BCUT2D eigenvalue weighted by Crippen LogP contribution is -2.07. The Morgan fingerprint density at radius 3 is 2.00 bits per heavy atom. The zero-order valence-electron chi connectivity index (χ0n) is 18.3. The van der Waals surface area contributed by atoms with Crippen LogP contribution in [0.15, 0.2) is 90.0 Å². The molecule has 0 aliphatic rings. The van der Waals surface area contributed by atoms with Gasteiger partial charge in [-0.1, -0.05) is 104 Å². The highest BCUT2D eigenvalue weighted by atomic mass is 35.5. The molecule has 0 aliphatic heterocycles. The van der Waals surface area contributed by atoms with Crippen LogP contribution in [0, 0.1) is 0 Å². The number of halogens is 1. The molecule has 3 aromatic carbocycles. The molecule has 2 unspecified atom stereocenters. The van der Waals surface area contributed by atoms with Crippen LogP contribution in [-0.4, -0.2) is 10.2 Å². The summed E-state index contributed by atoms with van der Waals surface area (Å²) in [5, 5.41) is 22.3. The summed E-state index contributed by atoms with van der Waals surface area (Å²) in [5.41, 5.74) is 6.16. The molecule has 31 heavy (non-hydrogen) atoms. The van der Waals surface area contributed by atoms with E-state index < -0.39 is 12.2 Å². The average molecular weight is 435 g/mol. The molecule has 3 heteroatoms. The molecule has 162 valence electrons. The highest BCUT2D eigenvalue weighted by molar-refractivity contribution is 6.31. The van der Waals surface area contributed by atoms with Crippen molar-refractivity contribution in [2.75, 3.05) is 0 Å². The molecule has 2 N–H and O–H groups in total. The van der Waals surface area contributed by atoms with E-state index in [0.717, 1.165) is 41.5 Å². The molecule has 3 aromatic rings. The highest BCUT2D eigenvalue weighted by Crippen LogP contribution is 2.34. The molecule has 0 amide bonds. The van der Waals surface area contributed by atoms with Crippen molar-refractivity contribution in [1.29, 1.82) is 0 Å². The molecule has 2 nitrogen and oxygen atoms in total. The second-order valence-corrected chi connectivity index (χ2v) is 8.21. The molecule has 0 fully saturated rings. The number of hydrogen-bond acceptors (Lipinski definition) is 2. The fraction of sp³-hybridized carbons (Fsp3) is 0.286. The Bertz CT molecular complexity index is 993. The van der Waals surface area contributed by atoms with Gasteiger partial charge in [-0.15, -0.1) is 0 Å². The van der Waals surface area contributed by atoms with E-state index in [9.17, 15) is 10.2 Å². The molecule has 0 spiro atoms. The number of aliphatic hydroxyl groups is 2. The Balaban J connectivity index is 1.72. The molecule has 0 aliphatic carbocycles. The van der Waals surface area contributed by atoms with Gasteiger partial charge < -0.3 is 10.2 Å². The number of hydrogen-bond donors (Lipinski definition) is 2. The van der Waals surface area contributed by atoms with Crippen molar-refractivity contribution < 1.29 is 10.2 Å². The summed E-state index contributed by atoms with van der Waals surface area (Å²) in [7, 11) is 0. The van der Waals surface area contributed by atoms with Crippen LogP contribution in [0.2, 0.25) is 5.02 Å². The monoisotopic (exact) mass is 434 g/mol. The lowest BCUT2D eigenvalue weighted by Gasteiger charge is -2.21. The normalized spacial score (nSPS) is 14.1. The van der Waals surface area contributed by atoms with E-state index in [0.29, 0.717) is 11.4 Å². The van der Waals surface area contributed by atoms with E-state index in [-0.39, 0.29) is 0 Å². The maximum atomic E-state index is 11.0. The minimum atomic E-state index is -0.712. The second kappa shape index (κ2) is 11.3. The van der Waals surface area contributed by atoms with E-state index in [1.807, 2.05) is 54.6 Å². The standard InChI is InChI=1S/C28H31ClO2/c1-3-20(24(4-2)28(31)25-12-8-9-13-26(25)29)18-19-27(30)23-16-14-22(15-17-23)21-10-6-5-7-11-21/h5-17,27-28,30-31H,3-4,18-19H2,1-2H3/b24-20-. The van der Waals surface area contributed by atoms with Gasteiger partial charge in [0, 0.05) is 10.6 Å². The summed E-state index contributed by atoms with van der Waals surface area (Å²) in [6.07, 6.45) is 1.69. The van der Waals surface area contributed by atoms with Crippen LogP contribution < -0.4 is 0 Å². The Morgan fingerprint density at radius 1 is 0.774 bits per heavy atom. The quantitative estimate of drug-likeness (QED) is 0.339. The minimum absolute atomic E-state index is 0.540. The predicted octanol–water partition coefficient (Wildman–Crippen LogP) is 7.67. The smallest absolute Gasteiger partial charge is 0.102 e. The molecule has 0 aromatic heterocycles. The van der Waals surface area contributed by atoms with Crippen LogP contribution in [0.25, 0.3) is 11.1 Å². The Labute approximate surface area is 190 Å². The molecule has 3 rings (SSSR count). The third-order valence-corrected chi connectivity index (χ3v) is 6.26. The third-order valence-electron chi connectivity index (χ3n) is 5.91. The summed E-state index contributed by atoms with van der Waals surface area (Å²) >= 11 is 6.31. The molecule has 2 atom stereocenters. The average Bonchev–Trinajstić information content (AvgIpc) is 2.82. The van der Waals surface area contributed by atoms with Gasteiger partial charge in [0.2, 0.25) is 0 Å². The van der Waals surface area contributed by atoms with Crippen LogP contribution >= 0.6 is 11.6 Å². The van der Waals surface area contributed by atoms with Gasteiger partial charge in [0.25, 0.3) is 0 Å². The first-order valence-electron chi connectivity index (χ1n) is 11.0. The van der Waals surface area contributed by atoms with Crippen molar-refractivity contribution in [3.8, 4) is 11.1 Å². The van der Waals surface area contributed by atoms with Gasteiger partial charge >= 0.3 is 0 Å². The van der Waals surface area contributed by atoms with Crippen molar-refractivity contribution >= 4 is 11.6 Å². The second-order valence-electron chi connectivity index (χ2n) is 7.80. The highest BCUT2D eigenvalue weighted by Gasteiger charge is 2.19. The zero-order chi connectivity index (χ0) is 22.2. The van der Waals surface area contributed by atoms with Gasteiger partial charge in [-0.2, -0.15) is 0 Å². The largest absolute Gasteiger partial charge is 0.388 e. The first-order valence-corrected chi connectivity index (χ1v) is 11.4. The van der Waals surface area contributed by atoms with E-state index in [1.54, 1.807) is 0 Å². The van der Waals surface area contributed by atoms with Crippen molar-refractivity contribution in [2.24, 2.45) is 0 Å². The van der Waals surface area contributed by atoms with Gasteiger partial charge in [-0.05, 0) is 54.0 Å². The predicted molar refractivity (Wildman–Crippen MR) is 130 cm³/mol. The van der Waals surface area contributed by atoms with Crippen LogP contribution in [0.3, 0.4) is 0 Å². The Kier molecular flexibility index (Phi) is 8.48. The van der Waals surface area contributed by atoms with E-state index in [1.165, 1.54) is 11.1 Å². The van der Waals surface area contributed by atoms with Crippen LogP contribution in [0.1, 0.15) is 62.9 Å². The number of aliphatic hydroxyl groups excluding tert-OH is 2. The summed E-state index contributed by atoms with van der Waals surface area (Å²) in [6, 6.07) is 25.8. The minimum Gasteiger partial charge on any atom is -0.388 e. The maximum Gasteiger partial charge on any atom is 0.102 e. The fourth-order valence-electron chi connectivity index (χ4n) is 4.09. The van der Waals surface area contributed by atoms with Crippen molar-refractivity contribution in [1.82, 2.24) is 0 Å². The van der Waals surface area contributed by atoms with Crippen molar-refractivity contribution in [3.05, 3.63) is 106 Å². The summed E-state index contributed by atoms with van der Waals surface area (Å²) in [4.78, 5) is 0. The van der Waals surface area contributed by atoms with Crippen LogP contribution in [0.5, 0.6) is 0 Å². The Hall–Kier alpha value is -2.39. The number of rotatable bonds is 9. The first kappa shape index (κ1) is 23.3. The molecule has 0 bridgehead atoms. The van der Waals surface area contributed by atoms with Gasteiger partial charge in [0.15, 0.2) is 0 Å². The molecule has 0 radical (unpaired) electrons. The number of benzene rings is 3.